The molecule has 0 unspecified atom stereocenters. The number of rotatable bonds is 5. The molecule has 1 aromatic carbocycles. The monoisotopic (exact) mass is 395 g/mol. The topological polar surface area (TPSA) is 47.0 Å². The Morgan fingerprint density at radius 2 is 1.89 bits per heavy atom. The summed E-state index contributed by atoms with van der Waals surface area (Å²) in [5, 5.41) is 9.28. The van der Waals surface area contributed by atoms with Crippen LogP contribution in [0.4, 0.5) is 8.78 Å². The van der Waals surface area contributed by atoms with Gasteiger partial charge in [-0.05, 0) is 50.8 Å². The normalized spacial score (nSPS) is 24.5. The maximum Gasteiger partial charge on any atom is 0.259 e. The number of aryl methyl sites for hydroxylation is 1. The molecule has 2 saturated heterocycles. The number of piperidine rings is 1. The van der Waals surface area contributed by atoms with Gasteiger partial charge in [0.2, 0.25) is 0 Å². The molecular weight excluding hydrogens is 364 g/mol. The first-order valence-electron chi connectivity index (χ1n) is 10.2. The second-order valence-corrected chi connectivity index (χ2v) is 8.13. The van der Waals surface area contributed by atoms with E-state index in [0.717, 1.165) is 45.1 Å². The largest absolute Gasteiger partial charge is 0.396 e. The fourth-order valence-electron chi connectivity index (χ4n) is 4.49. The maximum absolute atomic E-state index is 14.4. The third-order valence-corrected chi connectivity index (χ3v) is 6.22. The molecule has 2 aliphatic rings. The summed E-state index contributed by atoms with van der Waals surface area (Å²) in [4.78, 5) is 19.3. The quantitative estimate of drug-likeness (QED) is 0.830. The van der Waals surface area contributed by atoms with Crippen molar-refractivity contribution in [2.75, 3.05) is 52.9 Å². The number of likely N-dealkylation sites (tertiary alicyclic amines) is 1. The Morgan fingerprint density at radius 1 is 1.18 bits per heavy atom. The number of halogens is 2. The highest BCUT2D eigenvalue weighted by Gasteiger charge is 2.37. The minimum absolute atomic E-state index is 0.112. The predicted molar refractivity (Wildman–Crippen MR) is 104 cm³/mol. The highest BCUT2D eigenvalue weighted by molar-refractivity contribution is 5.95. The van der Waals surface area contributed by atoms with Gasteiger partial charge < -0.3 is 14.9 Å². The minimum atomic E-state index is -0.804. The van der Waals surface area contributed by atoms with Crippen molar-refractivity contribution in [3.63, 3.8) is 0 Å². The Labute approximate surface area is 165 Å². The Kier molecular flexibility index (Phi) is 7.01. The lowest BCUT2D eigenvalue weighted by Gasteiger charge is -2.46. The fraction of sp³-hybridized carbons (Fsp3) is 0.667. The van der Waals surface area contributed by atoms with Gasteiger partial charge in [-0.1, -0.05) is 6.07 Å². The van der Waals surface area contributed by atoms with Crippen LogP contribution in [0.25, 0.3) is 0 Å². The van der Waals surface area contributed by atoms with Crippen LogP contribution in [-0.2, 0) is 0 Å². The summed E-state index contributed by atoms with van der Waals surface area (Å²) < 4.78 is 28.6. The van der Waals surface area contributed by atoms with E-state index in [1.165, 1.54) is 13.0 Å². The zero-order chi connectivity index (χ0) is 20.3. The molecule has 3 rings (SSSR count). The first kappa shape index (κ1) is 21.1. The van der Waals surface area contributed by atoms with Gasteiger partial charge in [-0.3, -0.25) is 9.69 Å². The van der Waals surface area contributed by atoms with E-state index in [1.54, 1.807) is 4.90 Å². The third kappa shape index (κ3) is 4.53. The van der Waals surface area contributed by atoms with Crippen molar-refractivity contribution in [3.05, 3.63) is 34.9 Å². The number of aliphatic hydroxyl groups excluding tert-OH is 1. The van der Waals surface area contributed by atoms with Crippen molar-refractivity contribution < 1.29 is 18.7 Å². The fourth-order valence-corrected chi connectivity index (χ4v) is 4.49. The van der Waals surface area contributed by atoms with Crippen molar-refractivity contribution in [2.45, 2.75) is 32.2 Å². The SMILES string of the molecule is Cc1ccc(F)c(C(=O)N2CC[C@@H](N3CCN(C)CC3)[C@@H](CCCO)C2)c1F. The van der Waals surface area contributed by atoms with Crippen LogP contribution in [0.5, 0.6) is 0 Å². The van der Waals surface area contributed by atoms with E-state index >= 15 is 0 Å². The van der Waals surface area contributed by atoms with Gasteiger partial charge in [0.25, 0.3) is 5.91 Å². The van der Waals surface area contributed by atoms with Crippen LogP contribution < -0.4 is 0 Å². The Balaban J connectivity index is 1.75. The highest BCUT2D eigenvalue weighted by atomic mass is 19.1. The number of piperazine rings is 1. The molecule has 5 nitrogen and oxygen atoms in total. The van der Waals surface area contributed by atoms with Gasteiger partial charge in [0.1, 0.15) is 17.2 Å². The van der Waals surface area contributed by atoms with Crippen LogP contribution >= 0.6 is 0 Å². The van der Waals surface area contributed by atoms with Gasteiger partial charge in [-0.25, -0.2) is 8.78 Å². The molecule has 2 heterocycles. The predicted octanol–water partition coefficient (Wildman–Crippen LogP) is 2.12. The Hall–Kier alpha value is -1.57. The molecule has 2 atom stereocenters. The van der Waals surface area contributed by atoms with E-state index in [2.05, 4.69) is 16.8 Å². The van der Waals surface area contributed by atoms with Crippen molar-refractivity contribution in [3.8, 4) is 0 Å². The number of carbonyl (C=O) groups is 1. The average Bonchev–Trinajstić information content (AvgIpc) is 2.70. The molecule has 1 N–H and O–H groups in total. The summed E-state index contributed by atoms with van der Waals surface area (Å²) in [5.74, 6) is -1.94. The van der Waals surface area contributed by atoms with Gasteiger partial charge in [0.15, 0.2) is 0 Å². The van der Waals surface area contributed by atoms with Crippen LogP contribution in [0.2, 0.25) is 0 Å². The van der Waals surface area contributed by atoms with E-state index in [1.807, 2.05) is 0 Å². The molecule has 0 bridgehead atoms. The third-order valence-electron chi connectivity index (χ3n) is 6.22. The summed E-state index contributed by atoms with van der Waals surface area (Å²) >= 11 is 0. The number of benzene rings is 1. The van der Waals surface area contributed by atoms with Gasteiger partial charge >= 0.3 is 0 Å². The van der Waals surface area contributed by atoms with Crippen LogP contribution in [0.15, 0.2) is 12.1 Å². The van der Waals surface area contributed by atoms with Crippen LogP contribution in [0.3, 0.4) is 0 Å². The second-order valence-electron chi connectivity index (χ2n) is 8.13. The number of hydrogen-bond acceptors (Lipinski definition) is 4. The zero-order valence-corrected chi connectivity index (χ0v) is 16.8. The summed E-state index contributed by atoms with van der Waals surface area (Å²) in [6, 6.07) is 2.85. The Bertz CT molecular complexity index is 692. The lowest BCUT2D eigenvalue weighted by molar-refractivity contribution is 0.0214. The van der Waals surface area contributed by atoms with E-state index in [0.29, 0.717) is 25.6 Å². The lowest BCUT2D eigenvalue weighted by Crippen LogP contribution is -2.57. The molecule has 0 radical (unpaired) electrons. The summed E-state index contributed by atoms with van der Waals surface area (Å²) in [6.45, 7) is 6.64. The zero-order valence-electron chi connectivity index (χ0n) is 16.8. The van der Waals surface area contributed by atoms with Gasteiger partial charge in [-0.15, -0.1) is 0 Å². The molecule has 7 heteroatoms. The molecule has 0 saturated carbocycles. The van der Waals surface area contributed by atoms with Crippen LogP contribution in [-0.4, -0.2) is 84.7 Å². The van der Waals surface area contributed by atoms with Crippen LogP contribution in [0.1, 0.15) is 35.2 Å². The molecular formula is C21H31F2N3O2. The standard InChI is InChI=1S/C21H31F2N3O2/c1-15-5-6-17(22)19(20(15)23)21(28)26-8-7-18(16(14-26)4-3-13-27)25-11-9-24(2)10-12-25/h5-6,16,18,27H,3-4,7-14H2,1-2H3/t16-,18+/m0/s1. The summed E-state index contributed by atoms with van der Waals surface area (Å²) in [7, 11) is 2.12. The van der Waals surface area contributed by atoms with E-state index in [-0.39, 0.29) is 18.1 Å². The first-order valence-corrected chi connectivity index (χ1v) is 10.2. The number of hydrogen-bond donors (Lipinski definition) is 1. The number of amides is 1. The van der Waals surface area contributed by atoms with E-state index in [9.17, 15) is 18.7 Å². The van der Waals surface area contributed by atoms with Crippen molar-refractivity contribution in [2.24, 2.45) is 5.92 Å². The van der Waals surface area contributed by atoms with Gasteiger partial charge in [0, 0.05) is 51.9 Å². The molecule has 0 spiro atoms. The number of carbonyl (C=O) groups excluding carboxylic acids is 1. The van der Waals surface area contributed by atoms with Crippen LogP contribution in [0, 0.1) is 24.5 Å². The van der Waals surface area contributed by atoms with Gasteiger partial charge in [0.05, 0.1) is 0 Å². The molecule has 1 amide bonds. The second kappa shape index (κ2) is 9.29. The molecule has 2 fully saturated rings. The maximum atomic E-state index is 14.4. The smallest absolute Gasteiger partial charge is 0.259 e. The molecule has 2 aliphatic heterocycles. The number of aliphatic hydroxyl groups is 1. The first-order chi connectivity index (χ1) is 13.4. The summed E-state index contributed by atoms with van der Waals surface area (Å²) in [6.07, 6.45) is 2.26. The lowest BCUT2D eigenvalue weighted by atomic mass is 9.86. The summed E-state index contributed by atoms with van der Waals surface area (Å²) in [5.41, 5.74) is -0.173. The molecule has 156 valence electrons. The number of nitrogens with zero attached hydrogens (tertiary/aromatic N) is 3. The molecule has 0 aromatic heterocycles. The van der Waals surface area contributed by atoms with Crippen molar-refractivity contribution >= 4 is 5.91 Å². The molecule has 1 aromatic rings. The Morgan fingerprint density at radius 3 is 2.57 bits per heavy atom. The average molecular weight is 395 g/mol. The molecule has 0 aliphatic carbocycles. The minimum Gasteiger partial charge on any atom is -0.396 e. The van der Waals surface area contributed by atoms with E-state index < -0.39 is 23.1 Å². The molecule has 28 heavy (non-hydrogen) atoms. The van der Waals surface area contributed by atoms with Crippen molar-refractivity contribution in [1.29, 1.82) is 0 Å². The van der Waals surface area contributed by atoms with Crippen molar-refractivity contribution in [1.82, 2.24) is 14.7 Å². The highest BCUT2D eigenvalue weighted by Crippen LogP contribution is 2.29. The van der Waals surface area contributed by atoms with Gasteiger partial charge in [-0.2, -0.15) is 0 Å². The number of likely N-dealkylation sites (N-methyl/N-ethyl adjacent to an activating group) is 1. The van der Waals surface area contributed by atoms with E-state index in [4.69, 9.17) is 0 Å².